The van der Waals surface area contributed by atoms with Crippen molar-refractivity contribution >= 4 is 5.91 Å². The van der Waals surface area contributed by atoms with E-state index in [1.54, 1.807) is 10.9 Å². The van der Waals surface area contributed by atoms with Crippen molar-refractivity contribution in [2.45, 2.75) is 51.2 Å². The summed E-state index contributed by atoms with van der Waals surface area (Å²) < 4.78 is 1.78. The van der Waals surface area contributed by atoms with Crippen molar-refractivity contribution in [3.05, 3.63) is 48.3 Å². The summed E-state index contributed by atoms with van der Waals surface area (Å²) in [6.45, 7) is 6.23. The fraction of sp³-hybridized carbons (Fsp3) is 0.500. The van der Waals surface area contributed by atoms with Crippen LogP contribution in [0, 0.1) is 0 Å². The monoisotopic (exact) mass is 338 g/mol. The highest BCUT2D eigenvalue weighted by atomic mass is 16.2. The molecule has 2 aromatic rings. The number of nitrogens with zero attached hydrogens (tertiary/aromatic N) is 4. The minimum absolute atomic E-state index is 0.127. The number of benzene rings is 1. The fourth-order valence-corrected chi connectivity index (χ4v) is 4.57. The second-order valence-corrected chi connectivity index (χ2v) is 7.43. The zero-order chi connectivity index (χ0) is 17.4. The van der Waals surface area contributed by atoms with Gasteiger partial charge in [0.25, 0.3) is 5.91 Å². The summed E-state index contributed by atoms with van der Waals surface area (Å²) in [5.41, 5.74) is 1.59. The molecule has 2 saturated heterocycles. The van der Waals surface area contributed by atoms with Gasteiger partial charge in [-0.2, -0.15) is 5.10 Å². The Labute approximate surface area is 149 Å². The molecule has 2 atom stereocenters. The molecule has 2 unspecified atom stereocenters. The number of carbonyl (C=O) groups excluding carboxylic acids is 1. The first kappa shape index (κ1) is 16.3. The molecule has 0 N–H and O–H groups in total. The van der Waals surface area contributed by atoms with Gasteiger partial charge >= 0.3 is 0 Å². The molecule has 3 heterocycles. The van der Waals surface area contributed by atoms with Gasteiger partial charge in [-0.15, -0.1) is 0 Å². The third-order valence-electron chi connectivity index (χ3n) is 5.61. The van der Waals surface area contributed by atoms with Crippen LogP contribution in [0.2, 0.25) is 0 Å². The number of rotatable bonds is 3. The molecule has 1 aromatic carbocycles. The van der Waals surface area contributed by atoms with E-state index >= 15 is 0 Å². The number of aromatic nitrogens is 2. The Kier molecular flexibility index (Phi) is 4.34. The largest absolute Gasteiger partial charge is 0.337 e. The molecule has 1 aromatic heterocycles. The molecule has 2 aliphatic rings. The van der Waals surface area contributed by atoms with Gasteiger partial charge < -0.3 is 4.90 Å². The Bertz CT molecular complexity index is 740. The first-order valence-corrected chi connectivity index (χ1v) is 9.31. The van der Waals surface area contributed by atoms with E-state index in [2.05, 4.69) is 28.7 Å². The van der Waals surface area contributed by atoms with E-state index < -0.39 is 0 Å². The third kappa shape index (κ3) is 2.97. The summed E-state index contributed by atoms with van der Waals surface area (Å²) in [7, 11) is 0. The lowest BCUT2D eigenvalue weighted by Crippen LogP contribution is -2.44. The molecule has 2 aliphatic heterocycles. The van der Waals surface area contributed by atoms with E-state index in [1.807, 2.05) is 36.5 Å². The topological polar surface area (TPSA) is 41.4 Å². The molecule has 5 heteroatoms. The Morgan fingerprint density at radius 1 is 1.12 bits per heavy atom. The molecule has 5 nitrogen and oxygen atoms in total. The Morgan fingerprint density at radius 2 is 1.92 bits per heavy atom. The summed E-state index contributed by atoms with van der Waals surface area (Å²) in [6, 6.07) is 11.3. The summed E-state index contributed by atoms with van der Waals surface area (Å²) >= 11 is 0. The van der Waals surface area contributed by atoms with Crippen LogP contribution in [-0.4, -0.2) is 56.7 Å². The normalized spacial score (nSPS) is 23.9. The number of hydrogen-bond donors (Lipinski definition) is 0. The van der Waals surface area contributed by atoms with Crippen LogP contribution in [-0.2, 0) is 0 Å². The maximum absolute atomic E-state index is 13.3. The quantitative estimate of drug-likeness (QED) is 0.864. The molecule has 0 saturated carbocycles. The van der Waals surface area contributed by atoms with Crippen molar-refractivity contribution in [3.8, 4) is 5.69 Å². The minimum atomic E-state index is 0.127. The molecule has 4 rings (SSSR count). The zero-order valence-electron chi connectivity index (χ0n) is 15.0. The third-order valence-corrected chi connectivity index (χ3v) is 5.61. The molecule has 0 spiro atoms. The maximum Gasteiger partial charge on any atom is 0.256 e. The highest BCUT2D eigenvalue weighted by Crippen LogP contribution is 2.32. The van der Waals surface area contributed by atoms with Gasteiger partial charge in [0.1, 0.15) is 0 Å². The van der Waals surface area contributed by atoms with Crippen LogP contribution in [0.1, 0.15) is 43.5 Å². The van der Waals surface area contributed by atoms with Crippen LogP contribution < -0.4 is 0 Å². The van der Waals surface area contributed by atoms with Crippen LogP contribution in [0.15, 0.2) is 42.7 Å². The second kappa shape index (κ2) is 6.64. The summed E-state index contributed by atoms with van der Waals surface area (Å²) in [6.07, 6.45) is 7.18. The lowest BCUT2D eigenvalue weighted by Gasteiger charge is -2.32. The summed E-state index contributed by atoms with van der Waals surface area (Å²) in [5, 5.41) is 4.30. The van der Waals surface area contributed by atoms with Crippen molar-refractivity contribution in [1.29, 1.82) is 0 Å². The lowest BCUT2D eigenvalue weighted by atomic mass is 10.1. The number of likely N-dealkylation sites (tertiary alicyclic amines) is 1. The molecule has 0 radical (unpaired) electrons. The SMILES string of the molecule is CC(C)N1C2CCC1CN(C(=O)c1ccccc1-n1cccn1)CC2. The van der Waals surface area contributed by atoms with Crippen LogP contribution in [0.5, 0.6) is 0 Å². The molecule has 0 aliphatic carbocycles. The molecule has 132 valence electrons. The van der Waals surface area contributed by atoms with Crippen molar-refractivity contribution in [2.24, 2.45) is 0 Å². The first-order chi connectivity index (χ1) is 12.1. The summed E-state index contributed by atoms with van der Waals surface area (Å²) in [4.78, 5) is 18.0. The molecular formula is C20H26N4O. The predicted molar refractivity (Wildman–Crippen MR) is 97.9 cm³/mol. The van der Waals surface area contributed by atoms with Gasteiger partial charge in [0, 0.05) is 43.6 Å². The van der Waals surface area contributed by atoms with Crippen LogP contribution in [0.3, 0.4) is 0 Å². The van der Waals surface area contributed by atoms with Gasteiger partial charge in [0.15, 0.2) is 0 Å². The fourth-order valence-electron chi connectivity index (χ4n) is 4.57. The number of carbonyl (C=O) groups is 1. The molecule has 1 amide bonds. The van der Waals surface area contributed by atoms with Crippen molar-refractivity contribution < 1.29 is 4.79 Å². The number of para-hydroxylation sites is 1. The average molecular weight is 338 g/mol. The van der Waals surface area contributed by atoms with Crippen molar-refractivity contribution in [3.63, 3.8) is 0 Å². The van der Waals surface area contributed by atoms with Crippen LogP contribution >= 0.6 is 0 Å². The number of hydrogen-bond acceptors (Lipinski definition) is 3. The second-order valence-electron chi connectivity index (χ2n) is 7.43. The predicted octanol–water partition coefficient (Wildman–Crippen LogP) is 2.96. The van der Waals surface area contributed by atoms with Gasteiger partial charge in [-0.1, -0.05) is 12.1 Å². The van der Waals surface area contributed by atoms with E-state index in [4.69, 9.17) is 0 Å². The van der Waals surface area contributed by atoms with Crippen molar-refractivity contribution in [2.75, 3.05) is 13.1 Å². The average Bonchev–Trinajstić information content (AvgIpc) is 3.22. The Morgan fingerprint density at radius 3 is 2.68 bits per heavy atom. The zero-order valence-corrected chi connectivity index (χ0v) is 15.0. The minimum Gasteiger partial charge on any atom is -0.337 e. The molecule has 2 fully saturated rings. The van der Waals surface area contributed by atoms with E-state index in [0.29, 0.717) is 18.1 Å². The van der Waals surface area contributed by atoms with Crippen LogP contribution in [0.4, 0.5) is 0 Å². The van der Waals surface area contributed by atoms with E-state index in [9.17, 15) is 4.79 Å². The number of fused-ring (bicyclic) bond motifs is 2. The lowest BCUT2D eigenvalue weighted by molar-refractivity contribution is 0.0728. The van der Waals surface area contributed by atoms with E-state index in [1.165, 1.54) is 12.8 Å². The maximum atomic E-state index is 13.3. The smallest absolute Gasteiger partial charge is 0.256 e. The van der Waals surface area contributed by atoms with Crippen LogP contribution in [0.25, 0.3) is 5.69 Å². The van der Waals surface area contributed by atoms with Gasteiger partial charge in [-0.3, -0.25) is 9.69 Å². The van der Waals surface area contributed by atoms with Gasteiger partial charge in [0.2, 0.25) is 0 Å². The molecule has 25 heavy (non-hydrogen) atoms. The highest BCUT2D eigenvalue weighted by Gasteiger charge is 2.39. The van der Waals surface area contributed by atoms with Crippen molar-refractivity contribution in [1.82, 2.24) is 19.6 Å². The molecular weight excluding hydrogens is 312 g/mol. The highest BCUT2D eigenvalue weighted by molar-refractivity contribution is 5.97. The van der Waals surface area contributed by atoms with Gasteiger partial charge in [0.05, 0.1) is 11.3 Å². The standard InChI is InChI=1S/C20H26N4O/c1-15(2)24-16-8-9-17(24)14-22(13-10-16)20(25)18-6-3-4-7-19(18)23-12-5-11-21-23/h3-7,11-12,15-17H,8-10,13-14H2,1-2H3. The van der Waals surface area contributed by atoms with E-state index in [0.717, 1.165) is 30.8 Å². The Balaban J connectivity index is 1.60. The van der Waals surface area contributed by atoms with Gasteiger partial charge in [-0.25, -0.2) is 4.68 Å². The number of amides is 1. The summed E-state index contributed by atoms with van der Waals surface area (Å²) in [5.74, 6) is 0.127. The molecule has 2 bridgehead atoms. The Hall–Kier alpha value is -2.14. The first-order valence-electron chi connectivity index (χ1n) is 9.31. The van der Waals surface area contributed by atoms with Gasteiger partial charge in [-0.05, 0) is 51.3 Å². The van der Waals surface area contributed by atoms with E-state index in [-0.39, 0.29) is 5.91 Å².